The number of hydrogen-bond acceptors (Lipinski definition) is 7. The van der Waals surface area contributed by atoms with Crippen LogP contribution >= 0.6 is 0 Å². The molecule has 0 amide bonds. The van der Waals surface area contributed by atoms with Gasteiger partial charge in [-0.05, 0) is 85.1 Å². The zero-order valence-electron chi connectivity index (χ0n) is 20.4. The van der Waals surface area contributed by atoms with Gasteiger partial charge in [0.1, 0.15) is 34.3 Å². The molecule has 5 rings (SSSR count). The van der Waals surface area contributed by atoms with E-state index in [2.05, 4.69) is 0 Å². The molecule has 0 saturated carbocycles. The number of phenols is 4. The molecule has 1 aromatic heterocycles. The smallest absolute Gasteiger partial charge is 0.201 e. The van der Waals surface area contributed by atoms with Crippen molar-refractivity contribution in [3.05, 3.63) is 107 Å². The summed E-state index contributed by atoms with van der Waals surface area (Å²) in [5.41, 5.74) is 3.11. The van der Waals surface area contributed by atoms with Crippen LogP contribution in [-0.2, 0) is 6.42 Å². The number of aryl methyl sites for hydroxylation is 2. The fraction of sp³-hybridized carbons (Fsp3) is 0.0968. The van der Waals surface area contributed by atoms with Crippen molar-refractivity contribution in [1.29, 1.82) is 0 Å². The molecule has 0 unspecified atom stereocenters. The Balaban J connectivity index is 1.56. The number of carbonyl (C=O) groups excluding carboxylic acids is 2. The summed E-state index contributed by atoms with van der Waals surface area (Å²) in [6.45, 7) is 1.81. The molecule has 0 spiro atoms. The van der Waals surface area contributed by atoms with E-state index in [4.69, 9.17) is 4.42 Å². The second-order valence-corrected chi connectivity index (χ2v) is 9.16. The minimum Gasteiger partial charge on any atom is -0.508 e. The SMILES string of the molecule is Cc1ccc(C(=O)c2c(-c3ccc(O)cc3)oc3ccc(CCC(=O)c4ccc(O)cc4O)cc23)c(O)c1. The molecule has 0 fully saturated rings. The number of carbonyl (C=O) groups is 2. The zero-order valence-corrected chi connectivity index (χ0v) is 20.4. The predicted octanol–water partition coefficient (Wildman–Crippen LogP) is 6.28. The van der Waals surface area contributed by atoms with Crippen LogP contribution in [0.2, 0.25) is 0 Å². The van der Waals surface area contributed by atoms with Crippen molar-refractivity contribution in [3.63, 3.8) is 0 Å². The number of furan rings is 1. The third kappa shape index (κ3) is 4.69. The van der Waals surface area contributed by atoms with Gasteiger partial charge in [-0.25, -0.2) is 0 Å². The monoisotopic (exact) mass is 508 g/mol. The highest BCUT2D eigenvalue weighted by atomic mass is 16.3. The van der Waals surface area contributed by atoms with Crippen molar-refractivity contribution in [2.75, 3.05) is 0 Å². The second kappa shape index (κ2) is 9.78. The number of phenolic OH excluding ortho intramolecular Hbond substituents is 4. The summed E-state index contributed by atoms with van der Waals surface area (Å²) in [4.78, 5) is 26.5. The maximum absolute atomic E-state index is 13.8. The minimum absolute atomic E-state index is 0.0699. The van der Waals surface area contributed by atoms with Gasteiger partial charge in [-0.15, -0.1) is 0 Å². The molecular formula is C31H24O7. The van der Waals surface area contributed by atoms with Gasteiger partial charge in [0.25, 0.3) is 0 Å². The number of Topliss-reactive ketones (excluding diaryl/α,β-unsaturated/α-hetero) is 1. The lowest BCUT2D eigenvalue weighted by atomic mass is 9.94. The summed E-state index contributed by atoms with van der Waals surface area (Å²) in [7, 11) is 0. The fourth-order valence-corrected chi connectivity index (χ4v) is 4.46. The Hall–Kier alpha value is -5.04. The molecule has 1 heterocycles. The molecular weight excluding hydrogens is 484 g/mol. The number of aromatic hydroxyl groups is 4. The van der Waals surface area contributed by atoms with Crippen LogP contribution in [-0.4, -0.2) is 32.0 Å². The highest BCUT2D eigenvalue weighted by Crippen LogP contribution is 2.38. The molecule has 0 radical (unpaired) electrons. The third-order valence-electron chi connectivity index (χ3n) is 6.43. The maximum Gasteiger partial charge on any atom is 0.201 e. The van der Waals surface area contributed by atoms with Crippen molar-refractivity contribution in [3.8, 4) is 34.3 Å². The quantitative estimate of drug-likeness (QED) is 0.191. The molecule has 0 aliphatic carbocycles. The third-order valence-corrected chi connectivity index (χ3v) is 6.43. The molecule has 0 bridgehead atoms. The molecule has 5 aromatic rings. The first kappa shape index (κ1) is 24.6. The Labute approximate surface area is 217 Å². The average molecular weight is 509 g/mol. The lowest BCUT2D eigenvalue weighted by Crippen LogP contribution is -2.04. The van der Waals surface area contributed by atoms with Crippen LogP contribution < -0.4 is 0 Å². The maximum atomic E-state index is 13.8. The van der Waals surface area contributed by atoms with Crippen molar-refractivity contribution < 1.29 is 34.4 Å². The predicted molar refractivity (Wildman–Crippen MR) is 142 cm³/mol. The van der Waals surface area contributed by atoms with E-state index in [1.54, 1.807) is 42.5 Å². The Morgan fingerprint density at radius 1 is 0.737 bits per heavy atom. The molecule has 7 nitrogen and oxygen atoms in total. The summed E-state index contributed by atoms with van der Waals surface area (Å²) in [6, 6.07) is 20.2. The van der Waals surface area contributed by atoms with E-state index in [9.17, 15) is 30.0 Å². The number of fused-ring (bicyclic) bond motifs is 1. The van der Waals surface area contributed by atoms with Crippen LogP contribution in [0.25, 0.3) is 22.3 Å². The first-order valence-electron chi connectivity index (χ1n) is 12.0. The minimum atomic E-state index is -0.424. The van der Waals surface area contributed by atoms with Crippen LogP contribution in [0.3, 0.4) is 0 Å². The summed E-state index contributed by atoms with van der Waals surface area (Å²) >= 11 is 0. The molecule has 0 atom stereocenters. The highest BCUT2D eigenvalue weighted by Gasteiger charge is 2.25. The van der Waals surface area contributed by atoms with Crippen molar-refractivity contribution in [2.24, 2.45) is 0 Å². The van der Waals surface area contributed by atoms with Gasteiger partial charge >= 0.3 is 0 Å². The molecule has 0 saturated heterocycles. The van der Waals surface area contributed by atoms with Gasteiger partial charge < -0.3 is 24.8 Å². The van der Waals surface area contributed by atoms with Gasteiger partial charge in [0.15, 0.2) is 5.78 Å². The second-order valence-electron chi connectivity index (χ2n) is 9.16. The van der Waals surface area contributed by atoms with Crippen LogP contribution in [0, 0.1) is 6.92 Å². The largest absolute Gasteiger partial charge is 0.508 e. The normalized spacial score (nSPS) is 11.1. The van der Waals surface area contributed by atoms with Crippen molar-refractivity contribution in [1.82, 2.24) is 0 Å². The summed E-state index contributed by atoms with van der Waals surface area (Å²) in [5, 5.41) is 40.3. The Morgan fingerprint density at radius 2 is 1.42 bits per heavy atom. The van der Waals surface area contributed by atoms with Crippen LogP contribution in [0.4, 0.5) is 0 Å². The number of benzene rings is 4. The van der Waals surface area contributed by atoms with Crippen LogP contribution in [0.5, 0.6) is 23.0 Å². The van der Waals surface area contributed by atoms with E-state index in [-0.39, 0.29) is 51.9 Å². The van der Waals surface area contributed by atoms with Gasteiger partial charge in [0.2, 0.25) is 5.78 Å². The standard InChI is InChI=1S/C31H24O7/c1-17-2-10-23(26(35)14-17)30(37)29-24-15-18(3-12-25(34)22-11-9-21(33)16-27(22)36)4-13-28(24)38-31(29)19-5-7-20(32)8-6-19/h2,4-11,13-16,32-33,35-36H,3,12H2,1H3. The topological polar surface area (TPSA) is 128 Å². The lowest BCUT2D eigenvalue weighted by molar-refractivity contribution is 0.0979. The first-order valence-corrected chi connectivity index (χ1v) is 12.0. The van der Waals surface area contributed by atoms with Gasteiger partial charge in [-0.1, -0.05) is 12.1 Å². The lowest BCUT2D eigenvalue weighted by Gasteiger charge is -2.07. The molecule has 0 aliphatic rings. The van der Waals surface area contributed by atoms with Gasteiger partial charge in [-0.2, -0.15) is 0 Å². The molecule has 4 N–H and O–H groups in total. The molecule has 190 valence electrons. The fourth-order valence-electron chi connectivity index (χ4n) is 4.46. The van der Waals surface area contributed by atoms with Crippen molar-refractivity contribution >= 4 is 22.5 Å². The average Bonchev–Trinajstić information content (AvgIpc) is 3.26. The van der Waals surface area contributed by atoms with E-state index in [0.717, 1.165) is 17.2 Å². The molecule has 0 aliphatic heterocycles. The number of hydrogen-bond donors (Lipinski definition) is 4. The summed E-state index contributed by atoms with van der Waals surface area (Å²) < 4.78 is 6.10. The summed E-state index contributed by atoms with van der Waals surface area (Å²) in [5.74, 6) is -0.911. The molecule has 38 heavy (non-hydrogen) atoms. The van der Waals surface area contributed by atoms with Gasteiger partial charge in [0, 0.05) is 23.4 Å². The van der Waals surface area contributed by atoms with E-state index >= 15 is 0 Å². The Bertz CT molecular complexity index is 1690. The zero-order chi connectivity index (χ0) is 27.0. The van der Waals surface area contributed by atoms with Gasteiger partial charge in [-0.3, -0.25) is 9.59 Å². The number of ketones is 2. The van der Waals surface area contributed by atoms with E-state index < -0.39 is 5.78 Å². The van der Waals surface area contributed by atoms with Crippen LogP contribution in [0.15, 0.2) is 83.3 Å². The van der Waals surface area contributed by atoms with E-state index in [0.29, 0.717) is 28.7 Å². The molecule has 4 aromatic carbocycles. The van der Waals surface area contributed by atoms with Gasteiger partial charge in [0.05, 0.1) is 16.7 Å². The highest BCUT2D eigenvalue weighted by molar-refractivity contribution is 6.20. The first-order chi connectivity index (χ1) is 18.2. The van der Waals surface area contributed by atoms with Crippen LogP contribution in [0.1, 0.15) is 43.8 Å². The van der Waals surface area contributed by atoms with Crippen molar-refractivity contribution in [2.45, 2.75) is 19.8 Å². The van der Waals surface area contributed by atoms with E-state index in [1.807, 2.05) is 6.92 Å². The van der Waals surface area contributed by atoms with E-state index in [1.165, 1.54) is 30.3 Å². The summed E-state index contributed by atoms with van der Waals surface area (Å²) in [6.07, 6.45) is 0.423. The molecule has 7 heteroatoms. The Kier molecular flexibility index (Phi) is 6.34. The number of rotatable bonds is 7. The Morgan fingerprint density at radius 3 is 2.13 bits per heavy atom.